The molecule has 0 saturated heterocycles. The molecule has 1 heterocycles. The van der Waals surface area contributed by atoms with Crippen LogP contribution in [0.3, 0.4) is 0 Å². The van der Waals surface area contributed by atoms with Crippen LogP contribution in [0.4, 0.5) is 0 Å². The molecule has 9 heavy (non-hydrogen) atoms. The molecule has 0 saturated carbocycles. The number of carbonyl (C=O) groups excluding carboxylic acids is 1. The second kappa shape index (κ2) is 2.21. The van der Waals surface area contributed by atoms with Gasteiger partial charge in [0.15, 0.2) is 5.78 Å². The number of nitrogens with zero attached hydrogens (tertiary/aromatic N) is 1. The van der Waals surface area contributed by atoms with Crippen molar-refractivity contribution in [2.24, 2.45) is 0 Å². The van der Waals surface area contributed by atoms with Gasteiger partial charge in [0.05, 0.1) is 6.04 Å². The Labute approximate surface area is 55.2 Å². The van der Waals surface area contributed by atoms with Gasteiger partial charge >= 0.3 is 0 Å². The molecule has 1 rings (SSSR count). The van der Waals surface area contributed by atoms with Gasteiger partial charge in [-0.3, -0.25) is 4.79 Å². The largest absolute Gasteiger partial charge is 0.370 e. The first-order chi connectivity index (χ1) is 4.22. The summed E-state index contributed by atoms with van der Waals surface area (Å²) in [5.74, 6) is 0.252. The normalized spacial score (nSPS) is 25.1. The molecule has 0 bridgehead atoms. The van der Waals surface area contributed by atoms with Gasteiger partial charge in [0.2, 0.25) is 0 Å². The molecule has 0 aromatic rings. The molecule has 50 valence electrons. The zero-order chi connectivity index (χ0) is 6.85. The SMILES string of the molecule is CC(=O)C1CC=CN1C. The molecule has 0 fully saturated rings. The summed E-state index contributed by atoms with van der Waals surface area (Å²) in [6, 6.07) is 0.116. The van der Waals surface area contributed by atoms with Crippen molar-refractivity contribution in [2.45, 2.75) is 19.4 Å². The Morgan fingerprint density at radius 2 is 2.44 bits per heavy atom. The summed E-state index contributed by atoms with van der Waals surface area (Å²) in [6.45, 7) is 1.63. The molecule has 2 nitrogen and oxygen atoms in total. The minimum Gasteiger partial charge on any atom is -0.370 e. The van der Waals surface area contributed by atoms with Crippen molar-refractivity contribution >= 4 is 5.78 Å². The quantitative estimate of drug-likeness (QED) is 0.516. The zero-order valence-corrected chi connectivity index (χ0v) is 5.79. The lowest BCUT2D eigenvalue weighted by Crippen LogP contribution is -2.29. The summed E-state index contributed by atoms with van der Waals surface area (Å²) in [6.07, 6.45) is 4.85. The lowest BCUT2D eigenvalue weighted by Gasteiger charge is -2.16. The van der Waals surface area contributed by atoms with Gasteiger partial charge in [-0.15, -0.1) is 0 Å². The van der Waals surface area contributed by atoms with E-state index in [-0.39, 0.29) is 11.8 Å². The van der Waals surface area contributed by atoms with Gasteiger partial charge in [-0.2, -0.15) is 0 Å². The molecule has 0 amide bonds. The summed E-state index contributed by atoms with van der Waals surface area (Å²) >= 11 is 0. The minimum absolute atomic E-state index is 0.116. The van der Waals surface area contributed by atoms with Crippen LogP contribution in [0.1, 0.15) is 13.3 Å². The molecule has 1 unspecified atom stereocenters. The summed E-state index contributed by atoms with van der Waals surface area (Å²) < 4.78 is 0. The van der Waals surface area contributed by atoms with Gasteiger partial charge in [0, 0.05) is 7.05 Å². The first kappa shape index (κ1) is 6.33. The second-order valence-corrected chi connectivity index (χ2v) is 2.41. The molecule has 1 aliphatic heterocycles. The summed E-state index contributed by atoms with van der Waals surface area (Å²) in [4.78, 5) is 12.7. The van der Waals surface area contributed by atoms with E-state index in [0.717, 1.165) is 6.42 Å². The lowest BCUT2D eigenvalue weighted by atomic mass is 10.1. The predicted molar refractivity (Wildman–Crippen MR) is 36.0 cm³/mol. The van der Waals surface area contributed by atoms with E-state index in [9.17, 15) is 4.79 Å². The second-order valence-electron chi connectivity index (χ2n) is 2.41. The number of rotatable bonds is 1. The maximum Gasteiger partial charge on any atom is 0.152 e. The highest BCUT2D eigenvalue weighted by Gasteiger charge is 2.18. The molecule has 1 aliphatic rings. The Bertz CT molecular complexity index is 151. The van der Waals surface area contributed by atoms with Crippen molar-refractivity contribution in [2.75, 3.05) is 7.05 Å². The first-order valence-electron chi connectivity index (χ1n) is 3.11. The predicted octanol–water partition coefficient (Wildman–Crippen LogP) is 0.793. The van der Waals surface area contributed by atoms with Crippen LogP contribution in [0.2, 0.25) is 0 Å². The third-order valence-corrected chi connectivity index (χ3v) is 1.66. The van der Waals surface area contributed by atoms with Gasteiger partial charge in [-0.25, -0.2) is 0 Å². The van der Waals surface area contributed by atoms with Crippen LogP contribution < -0.4 is 0 Å². The third kappa shape index (κ3) is 1.12. The van der Waals surface area contributed by atoms with Crippen LogP contribution in [0.15, 0.2) is 12.3 Å². The van der Waals surface area contributed by atoms with Crippen LogP contribution in [0.25, 0.3) is 0 Å². The number of hydrogen-bond donors (Lipinski definition) is 0. The zero-order valence-electron chi connectivity index (χ0n) is 5.79. The van der Waals surface area contributed by atoms with E-state index in [4.69, 9.17) is 0 Å². The molecule has 0 radical (unpaired) electrons. The van der Waals surface area contributed by atoms with Gasteiger partial charge in [-0.05, 0) is 19.5 Å². The fraction of sp³-hybridized carbons (Fsp3) is 0.571. The van der Waals surface area contributed by atoms with Crippen molar-refractivity contribution in [1.82, 2.24) is 4.90 Å². The number of ketones is 1. The maximum absolute atomic E-state index is 10.8. The van der Waals surface area contributed by atoms with E-state index in [1.807, 2.05) is 24.2 Å². The molecule has 0 aliphatic carbocycles. The van der Waals surface area contributed by atoms with E-state index in [0.29, 0.717) is 0 Å². The minimum atomic E-state index is 0.116. The number of carbonyl (C=O) groups is 1. The molecule has 0 aromatic heterocycles. The summed E-state index contributed by atoms with van der Waals surface area (Å²) in [5, 5.41) is 0. The summed E-state index contributed by atoms with van der Waals surface area (Å²) in [5.41, 5.74) is 0. The maximum atomic E-state index is 10.8. The fourth-order valence-corrected chi connectivity index (χ4v) is 1.08. The average Bonchev–Trinajstić information content (AvgIpc) is 2.13. The highest BCUT2D eigenvalue weighted by molar-refractivity contribution is 5.82. The topological polar surface area (TPSA) is 20.3 Å². The average molecular weight is 125 g/mol. The number of Topliss-reactive ketones (excluding diaryl/α,β-unsaturated/α-hetero) is 1. The van der Waals surface area contributed by atoms with Gasteiger partial charge < -0.3 is 4.90 Å². The van der Waals surface area contributed by atoms with E-state index < -0.39 is 0 Å². The Hall–Kier alpha value is -0.790. The molecule has 0 spiro atoms. The van der Waals surface area contributed by atoms with Crippen LogP contribution in [0.5, 0.6) is 0 Å². The van der Waals surface area contributed by atoms with E-state index in [1.54, 1.807) is 6.92 Å². The van der Waals surface area contributed by atoms with E-state index in [2.05, 4.69) is 0 Å². The van der Waals surface area contributed by atoms with Crippen molar-refractivity contribution in [3.63, 3.8) is 0 Å². The van der Waals surface area contributed by atoms with Gasteiger partial charge in [0.1, 0.15) is 0 Å². The number of likely N-dealkylation sites (N-methyl/N-ethyl adjacent to an activating group) is 1. The Kier molecular flexibility index (Phi) is 1.56. The van der Waals surface area contributed by atoms with Crippen LogP contribution in [-0.4, -0.2) is 23.8 Å². The summed E-state index contributed by atoms with van der Waals surface area (Å²) in [7, 11) is 1.93. The van der Waals surface area contributed by atoms with Crippen LogP contribution >= 0.6 is 0 Å². The van der Waals surface area contributed by atoms with Crippen LogP contribution in [0, 0.1) is 0 Å². The molecular formula is C7H11NO. The Morgan fingerprint density at radius 1 is 1.78 bits per heavy atom. The van der Waals surface area contributed by atoms with E-state index >= 15 is 0 Å². The smallest absolute Gasteiger partial charge is 0.152 e. The molecule has 1 atom stereocenters. The van der Waals surface area contributed by atoms with Crippen molar-refractivity contribution in [3.8, 4) is 0 Å². The molecule has 2 heteroatoms. The molecule has 0 N–H and O–H groups in total. The van der Waals surface area contributed by atoms with Gasteiger partial charge in [-0.1, -0.05) is 6.08 Å². The highest BCUT2D eigenvalue weighted by atomic mass is 16.1. The lowest BCUT2D eigenvalue weighted by molar-refractivity contribution is -0.120. The Morgan fingerprint density at radius 3 is 2.67 bits per heavy atom. The molecule has 0 aromatic carbocycles. The van der Waals surface area contributed by atoms with Gasteiger partial charge in [0.25, 0.3) is 0 Å². The van der Waals surface area contributed by atoms with E-state index in [1.165, 1.54) is 0 Å². The standard InChI is InChI=1S/C7H11NO/c1-6(9)7-4-3-5-8(7)2/h3,5,7H,4H2,1-2H3. The van der Waals surface area contributed by atoms with Crippen molar-refractivity contribution in [3.05, 3.63) is 12.3 Å². The molecular weight excluding hydrogens is 114 g/mol. The number of hydrogen-bond acceptors (Lipinski definition) is 2. The first-order valence-corrected chi connectivity index (χ1v) is 3.11. The van der Waals surface area contributed by atoms with Crippen LogP contribution in [-0.2, 0) is 4.79 Å². The van der Waals surface area contributed by atoms with Crippen molar-refractivity contribution in [1.29, 1.82) is 0 Å². The van der Waals surface area contributed by atoms with Crippen molar-refractivity contribution < 1.29 is 4.79 Å². The fourth-order valence-electron chi connectivity index (χ4n) is 1.08. The monoisotopic (exact) mass is 125 g/mol. The highest BCUT2D eigenvalue weighted by Crippen LogP contribution is 2.11. The third-order valence-electron chi connectivity index (χ3n) is 1.66. The Balaban J connectivity index is 2.55.